The van der Waals surface area contributed by atoms with Crippen molar-refractivity contribution in [3.05, 3.63) is 71.7 Å². The number of hydrogen-bond acceptors (Lipinski definition) is 5. The van der Waals surface area contributed by atoms with Crippen LogP contribution >= 0.6 is 0 Å². The summed E-state index contributed by atoms with van der Waals surface area (Å²) in [5.74, 6) is -0.0880. The molecule has 0 saturated carbocycles. The first-order valence-corrected chi connectivity index (χ1v) is 9.65. The topological polar surface area (TPSA) is 82.2 Å². The van der Waals surface area contributed by atoms with E-state index in [1.807, 2.05) is 32.0 Å². The van der Waals surface area contributed by atoms with Gasteiger partial charge in [0, 0.05) is 17.4 Å². The van der Waals surface area contributed by atoms with E-state index in [9.17, 15) is 9.18 Å². The number of nitrogens with zero attached hydrogens (tertiary/aromatic N) is 3. The van der Waals surface area contributed by atoms with Crippen LogP contribution in [0.15, 0.2) is 59.3 Å². The molecule has 0 aliphatic rings. The van der Waals surface area contributed by atoms with Gasteiger partial charge in [-0.3, -0.25) is 4.79 Å². The van der Waals surface area contributed by atoms with Gasteiger partial charge in [-0.05, 0) is 55.8 Å². The van der Waals surface area contributed by atoms with Crippen molar-refractivity contribution < 1.29 is 18.4 Å². The van der Waals surface area contributed by atoms with Gasteiger partial charge >= 0.3 is 0 Å². The van der Waals surface area contributed by atoms with Crippen LogP contribution in [-0.4, -0.2) is 27.7 Å². The first-order chi connectivity index (χ1) is 14.9. The van der Waals surface area contributed by atoms with Crippen molar-refractivity contribution >= 4 is 11.6 Å². The predicted octanol–water partition coefficient (Wildman–Crippen LogP) is 4.61. The Morgan fingerprint density at radius 3 is 2.77 bits per heavy atom. The Morgan fingerprint density at radius 1 is 1.19 bits per heavy atom. The van der Waals surface area contributed by atoms with Gasteiger partial charge in [0.15, 0.2) is 11.6 Å². The third-order valence-electron chi connectivity index (χ3n) is 4.85. The van der Waals surface area contributed by atoms with Gasteiger partial charge in [0.1, 0.15) is 12.2 Å². The van der Waals surface area contributed by atoms with Crippen LogP contribution in [0, 0.1) is 19.7 Å². The maximum atomic E-state index is 14.0. The smallest absolute Gasteiger partial charge is 0.274 e. The third-order valence-corrected chi connectivity index (χ3v) is 4.85. The zero-order valence-electron chi connectivity index (χ0n) is 17.3. The Balaban J connectivity index is 1.52. The largest absolute Gasteiger partial charge is 0.494 e. The summed E-state index contributed by atoms with van der Waals surface area (Å²) in [5, 5.41) is 6.86. The minimum atomic E-state index is -0.516. The van der Waals surface area contributed by atoms with Crippen LogP contribution in [-0.2, 0) is 11.3 Å². The van der Waals surface area contributed by atoms with Crippen molar-refractivity contribution in [2.45, 2.75) is 20.4 Å². The molecule has 8 heteroatoms. The zero-order valence-corrected chi connectivity index (χ0v) is 17.3. The first-order valence-electron chi connectivity index (χ1n) is 9.65. The Kier molecular flexibility index (Phi) is 5.53. The second kappa shape index (κ2) is 8.43. The van der Waals surface area contributed by atoms with Gasteiger partial charge < -0.3 is 19.1 Å². The van der Waals surface area contributed by atoms with Crippen LogP contribution in [0.5, 0.6) is 5.75 Å². The van der Waals surface area contributed by atoms with Gasteiger partial charge in [-0.25, -0.2) is 4.39 Å². The minimum absolute atomic E-state index is 0.0739. The lowest BCUT2D eigenvalue weighted by Crippen LogP contribution is -2.19. The summed E-state index contributed by atoms with van der Waals surface area (Å²) in [6.07, 6.45) is 1.76. The first kappa shape index (κ1) is 20.3. The molecule has 158 valence electrons. The highest BCUT2D eigenvalue weighted by molar-refractivity contribution is 5.91. The Labute approximate surface area is 178 Å². The molecule has 1 N–H and O–H groups in total. The quantitative estimate of drug-likeness (QED) is 0.493. The maximum absolute atomic E-state index is 14.0. The number of amides is 1. The molecule has 0 saturated heterocycles. The fourth-order valence-electron chi connectivity index (χ4n) is 3.29. The molecule has 0 atom stereocenters. The summed E-state index contributed by atoms with van der Waals surface area (Å²) in [4.78, 5) is 16.9. The molecule has 0 unspecified atom stereocenters. The molecule has 0 aliphatic carbocycles. The highest BCUT2D eigenvalue weighted by Crippen LogP contribution is 2.26. The summed E-state index contributed by atoms with van der Waals surface area (Å²) < 4.78 is 26.0. The number of ether oxygens (including phenoxy) is 1. The SMILES string of the molecule is COc1ccc(-c2noc(-c3cccn3CC(=O)Nc3ccc(C)cc3C)n2)cc1F. The van der Waals surface area contributed by atoms with Crippen molar-refractivity contribution in [1.82, 2.24) is 14.7 Å². The van der Waals surface area contributed by atoms with E-state index < -0.39 is 5.82 Å². The van der Waals surface area contributed by atoms with Crippen LogP contribution in [0.3, 0.4) is 0 Å². The highest BCUT2D eigenvalue weighted by atomic mass is 19.1. The van der Waals surface area contributed by atoms with Crippen LogP contribution in [0.25, 0.3) is 23.0 Å². The summed E-state index contributed by atoms with van der Waals surface area (Å²) in [6, 6.07) is 13.8. The van der Waals surface area contributed by atoms with Crippen molar-refractivity contribution in [1.29, 1.82) is 0 Å². The number of aryl methyl sites for hydroxylation is 2. The van der Waals surface area contributed by atoms with Gasteiger partial charge in [-0.1, -0.05) is 22.9 Å². The molecule has 2 aromatic heterocycles. The fourth-order valence-corrected chi connectivity index (χ4v) is 3.29. The standard InChI is InChI=1S/C23H21FN4O3/c1-14-6-8-18(15(2)11-14)25-21(29)13-28-10-4-5-19(28)23-26-22(27-31-23)16-7-9-20(30-3)17(24)12-16/h4-12H,13H2,1-3H3,(H,25,29). The monoisotopic (exact) mass is 420 g/mol. The van der Waals surface area contributed by atoms with E-state index in [0.717, 1.165) is 16.8 Å². The third kappa shape index (κ3) is 4.32. The molecular weight excluding hydrogens is 399 g/mol. The van der Waals surface area contributed by atoms with Gasteiger partial charge in [0.05, 0.1) is 7.11 Å². The number of benzene rings is 2. The highest BCUT2D eigenvalue weighted by Gasteiger charge is 2.17. The van der Waals surface area contributed by atoms with E-state index in [1.165, 1.54) is 19.2 Å². The molecule has 4 aromatic rings. The molecule has 0 spiro atoms. The molecule has 2 heterocycles. The van der Waals surface area contributed by atoms with Crippen molar-refractivity contribution in [3.8, 4) is 28.7 Å². The summed E-state index contributed by atoms with van der Waals surface area (Å²) >= 11 is 0. The number of methoxy groups -OCH3 is 1. The van der Waals surface area contributed by atoms with Gasteiger partial charge in [-0.2, -0.15) is 4.98 Å². The molecule has 0 bridgehead atoms. The second-order valence-electron chi connectivity index (χ2n) is 7.16. The van der Waals surface area contributed by atoms with E-state index in [1.54, 1.807) is 29.0 Å². The lowest BCUT2D eigenvalue weighted by molar-refractivity contribution is -0.116. The van der Waals surface area contributed by atoms with Gasteiger partial charge in [0.25, 0.3) is 5.89 Å². The summed E-state index contributed by atoms with van der Waals surface area (Å²) in [6.45, 7) is 4.03. The average Bonchev–Trinajstić information content (AvgIpc) is 3.39. The number of nitrogens with one attached hydrogen (secondary N) is 1. The number of carbonyl (C=O) groups is 1. The minimum Gasteiger partial charge on any atom is -0.494 e. The molecule has 31 heavy (non-hydrogen) atoms. The summed E-state index contributed by atoms with van der Waals surface area (Å²) in [7, 11) is 1.40. The van der Waals surface area contributed by atoms with Gasteiger partial charge in [-0.15, -0.1) is 0 Å². The van der Waals surface area contributed by atoms with E-state index in [-0.39, 0.29) is 29.9 Å². The number of aromatic nitrogens is 3. The number of rotatable bonds is 6. The Hall–Kier alpha value is -3.94. The molecule has 0 fully saturated rings. The normalized spacial score (nSPS) is 10.8. The van der Waals surface area contributed by atoms with Crippen molar-refractivity contribution in [2.75, 3.05) is 12.4 Å². The van der Waals surface area contributed by atoms with Crippen molar-refractivity contribution in [2.24, 2.45) is 0 Å². The van der Waals surface area contributed by atoms with Crippen LogP contribution in [0.2, 0.25) is 0 Å². The molecule has 0 aliphatic heterocycles. The van der Waals surface area contributed by atoms with Gasteiger partial charge in [0.2, 0.25) is 11.7 Å². The Morgan fingerprint density at radius 2 is 2.03 bits per heavy atom. The molecule has 7 nitrogen and oxygen atoms in total. The predicted molar refractivity (Wildman–Crippen MR) is 114 cm³/mol. The lowest BCUT2D eigenvalue weighted by atomic mass is 10.1. The number of anilines is 1. The molecular formula is C23H21FN4O3. The van der Waals surface area contributed by atoms with Crippen LogP contribution in [0.1, 0.15) is 11.1 Å². The van der Waals surface area contributed by atoms with Crippen molar-refractivity contribution in [3.63, 3.8) is 0 Å². The van der Waals surface area contributed by atoms with Crippen LogP contribution < -0.4 is 10.1 Å². The Bertz CT molecular complexity index is 1250. The second-order valence-corrected chi connectivity index (χ2v) is 7.16. The van der Waals surface area contributed by atoms with E-state index in [2.05, 4.69) is 15.5 Å². The van der Waals surface area contributed by atoms with E-state index in [4.69, 9.17) is 9.26 Å². The number of hydrogen-bond donors (Lipinski definition) is 1. The molecule has 4 rings (SSSR count). The zero-order chi connectivity index (χ0) is 22.0. The average molecular weight is 420 g/mol. The maximum Gasteiger partial charge on any atom is 0.274 e. The number of carbonyl (C=O) groups excluding carboxylic acids is 1. The van der Waals surface area contributed by atoms with Crippen LogP contribution in [0.4, 0.5) is 10.1 Å². The molecule has 2 aromatic carbocycles. The fraction of sp³-hybridized carbons (Fsp3) is 0.174. The molecule has 1 amide bonds. The summed E-state index contributed by atoms with van der Waals surface area (Å²) in [5.41, 5.74) is 3.94. The molecule has 0 radical (unpaired) electrons. The van der Waals surface area contributed by atoms with E-state index in [0.29, 0.717) is 11.3 Å². The lowest BCUT2D eigenvalue weighted by Gasteiger charge is -2.10. The number of halogens is 1. The van der Waals surface area contributed by atoms with E-state index >= 15 is 0 Å².